The first kappa shape index (κ1) is 19.9. The van der Waals surface area contributed by atoms with E-state index in [1.165, 1.54) is 6.33 Å². The second-order valence-electron chi connectivity index (χ2n) is 7.94. The monoisotopic (exact) mass is 385 g/mol. The van der Waals surface area contributed by atoms with Crippen molar-refractivity contribution in [3.8, 4) is 11.4 Å². The van der Waals surface area contributed by atoms with Crippen LogP contribution in [0.5, 0.6) is 0 Å². The number of carbonyl (C=O) groups excluding carboxylic acids is 2. The van der Waals surface area contributed by atoms with Crippen molar-refractivity contribution in [3.63, 3.8) is 0 Å². The summed E-state index contributed by atoms with van der Waals surface area (Å²) < 4.78 is 5.51. The Bertz CT molecular complexity index is 796. The van der Waals surface area contributed by atoms with Gasteiger partial charge in [0.15, 0.2) is 5.82 Å². The van der Waals surface area contributed by atoms with Gasteiger partial charge in [0.1, 0.15) is 18.0 Å². The van der Waals surface area contributed by atoms with E-state index >= 15 is 0 Å². The molecule has 8 heteroatoms. The number of aromatic nitrogens is 3. The van der Waals surface area contributed by atoms with Gasteiger partial charge in [0.25, 0.3) is 0 Å². The summed E-state index contributed by atoms with van der Waals surface area (Å²) in [6.07, 6.45) is 4.41. The first-order valence-electron chi connectivity index (χ1n) is 9.60. The maximum absolute atomic E-state index is 12.9. The van der Waals surface area contributed by atoms with Crippen molar-refractivity contribution in [2.75, 3.05) is 11.9 Å². The van der Waals surface area contributed by atoms with Crippen LogP contribution in [0.15, 0.2) is 30.6 Å². The van der Waals surface area contributed by atoms with Crippen molar-refractivity contribution in [2.45, 2.75) is 58.1 Å². The molecule has 2 heterocycles. The maximum Gasteiger partial charge on any atom is 0.410 e. The number of nitrogens with one attached hydrogen (secondary N) is 2. The molecule has 0 radical (unpaired) electrons. The summed E-state index contributed by atoms with van der Waals surface area (Å²) in [4.78, 5) is 31.2. The van der Waals surface area contributed by atoms with E-state index < -0.39 is 17.7 Å². The minimum Gasteiger partial charge on any atom is -0.444 e. The molecule has 28 heavy (non-hydrogen) atoms. The van der Waals surface area contributed by atoms with Crippen molar-refractivity contribution in [2.24, 2.45) is 0 Å². The number of ether oxygens (including phenoxy) is 1. The predicted molar refractivity (Wildman–Crippen MR) is 106 cm³/mol. The largest absolute Gasteiger partial charge is 0.444 e. The lowest BCUT2D eigenvalue weighted by Crippen LogP contribution is -2.48. The molecule has 0 saturated carbocycles. The number of H-pyrrole nitrogens is 1. The molecular formula is C20H27N5O3. The van der Waals surface area contributed by atoms with Crippen molar-refractivity contribution >= 4 is 17.7 Å². The lowest BCUT2D eigenvalue weighted by Gasteiger charge is -2.31. The van der Waals surface area contributed by atoms with E-state index in [-0.39, 0.29) is 5.91 Å². The molecule has 0 aliphatic carbocycles. The minimum atomic E-state index is -0.596. The lowest BCUT2D eigenvalue weighted by atomic mass is 10.1. The van der Waals surface area contributed by atoms with Gasteiger partial charge in [-0.25, -0.2) is 9.78 Å². The summed E-state index contributed by atoms with van der Waals surface area (Å²) in [5.41, 5.74) is 0.947. The van der Waals surface area contributed by atoms with Gasteiger partial charge >= 0.3 is 6.09 Å². The standard InChI is InChI=1S/C20H27N5O3/c1-20(2,3)28-19(27)25-12-6-4-5-7-16(25)18(26)23-15-10-8-14(9-11-15)17-21-13-22-24-17/h8-11,13,16H,4-7,12H2,1-3H3,(H,23,26)(H,21,22,24)/t16-/m0/s1. The van der Waals surface area contributed by atoms with Crippen molar-refractivity contribution < 1.29 is 14.3 Å². The number of hydrogen-bond donors (Lipinski definition) is 2. The third-order valence-corrected chi connectivity index (χ3v) is 4.52. The van der Waals surface area contributed by atoms with Crippen LogP contribution in [-0.4, -0.2) is 50.3 Å². The number of hydrogen-bond acceptors (Lipinski definition) is 5. The number of rotatable bonds is 3. The van der Waals surface area contributed by atoms with Gasteiger partial charge in [-0.05, 0) is 57.9 Å². The molecule has 0 spiro atoms. The molecule has 2 aromatic rings. The molecule has 8 nitrogen and oxygen atoms in total. The molecule has 2 N–H and O–H groups in total. The number of amides is 2. The third kappa shape index (κ3) is 5.09. The second kappa shape index (κ2) is 8.41. The second-order valence-corrected chi connectivity index (χ2v) is 7.94. The molecular weight excluding hydrogens is 358 g/mol. The van der Waals surface area contributed by atoms with Crippen LogP contribution in [-0.2, 0) is 9.53 Å². The van der Waals surface area contributed by atoms with Gasteiger partial charge < -0.3 is 10.1 Å². The molecule has 3 rings (SSSR count). The molecule has 1 aliphatic heterocycles. The number of aromatic amines is 1. The van der Waals surface area contributed by atoms with E-state index in [1.807, 2.05) is 45.0 Å². The fraction of sp³-hybridized carbons (Fsp3) is 0.500. The fourth-order valence-corrected chi connectivity index (χ4v) is 3.20. The molecule has 0 bridgehead atoms. The average Bonchev–Trinajstić information content (AvgIpc) is 3.04. The Hall–Kier alpha value is -2.90. The summed E-state index contributed by atoms with van der Waals surface area (Å²) in [5, 5.41) is 9.56. The summed E-state index contributed by atoms with van der Waals surface area (Å²) in [6, 6.07) is 6.80. The Morgan fingerprint density at radius 2 is 1.93 bits per heavy atom. The number of nitrogens with zero attached hydrogens (tertiary/aromatic N) is 3. The number of anilines is 1. The van der Waals surface area contributed by atoms with E-state index in [1.54, 1.807) is 4.90 Å². The van der Waals surface area contributed by atoms with E-state index in [9.17, 15) is 9.59 Å². The Kier molecular flexibility index (Phi) is 5.96. The molecule has 0 unspecified atom stereocenters. The van der Waals surface area contributed by atoms with Crippen LogP contribution in [0, 0.1) is 0 Å². The fourth-order valence-electron chi connectivity index (χ4n) is 3.20. The van der Waals surface area contributed by atoms with Crippen LogP contribution >= 0.6 is 0 Å². The van der Waals surface area contributed by atoms with Crippen LogP contribution in [0.3, 0.4) is 0 Å². The van der Waals surface area contributed by atoms with Crippen molar-refractivity contribution in [1.29, 1.82) is 0 Å². The maximum atomic E-state index is 12.9. The van der Waals surface area contributed by atoms with Gasteiger partial charge in [-0.2, -0.15) is 5.10 Å². The highest BCUT2D eigenvalue weighted by Crippen LogP contribution is 2.22. The molecule has 1 saturated heterocycles. The predicted octanol–water partition coefficient (Wildman–Crippen LogP) is 3.59. The minimum absolute atomic E-state index is 0.194. The SMILES string of the molecule is CC(C)(C)OC(=O)N1CCCCC[C@H]1C(=O)Nc1ccc(-c2ncn[nH]2)cc1. The van der Waals surface area contributed by atoms with Crippen LogP contribution in [0.1, 0.15) is 46.5 Å². The van der Waals surface area contributed by atoms with Crippen LogP contribution in [0.2, 0.25) is 0 Å². The summed E-state index contributed by atoms with van der Waals surface area (Å²) in [7, 11) is 0. The van der Waals surface area contributed by atoms with Gasteiger partial charge in [0.2, 0.25) is 5.91 Å². The van der Waals surface area contributed by atoms with Gasteiger partial charge in [0.05, 0.1) is 0 Å². The van der Waals surface area contributed by atoms with Crippen molar-refractivity contribution in [1.82, 2.24) is 20.1 Å². The molecule has 150 valence electrons. The van der Waals surface area contributed by atoms with E-state index in [4.69, 9.17) is 4.74 Å². The Morgan fingerprint density at radius 1 is 1.18 bits per heavy atom. The summed E-state index contributed by atoms with van der Waals surface area (Å²) in [6.45, 7) is 6.01. The number of benzene rings is 1. The zero-order valence-corrected chi connectivity index (χ0v) is 16.6. The van der Waals surface area contributed by atoms with E-state index in [0.29, 0.717) is 24.5 Å². The highest BCUT2D eigenvalue weighted by molar-refractivity contribution is 5.96. The third-order valence-electron chi connectivity index (χ3n) is 4.52. The average molecular weight is 385 g/mol. The first-order valence-corrected chi connectivity index (χ1v) is 9.60. The molecule has 1 atom stereocenters. The van der Waals surface area contributed by atoms with Gasteiger partial charge in [0, 0.05) is 17.8 Å². The van der Waals surface area contributed by atoms with Crippen LogP contribution in [0.25, 0.3) is 11.4 Å². The topological polar surface area (TPSA) is 100 Å². The first-order chi connectivity index (χ1) is 13.3. The Morgan fingerprint density at radius 3 is 2.57 bits per heavy atom. The number of carbonyl (C=O) groups is 2. The zero-order valence-electron chi connectivity index (χ0n) is 16.6. The van der Waals surface area contributed by atoms with E-state index in [2.05, 4.69) is 20.5 Å². The van der Waals surface area contributed by atoms with E-state index in [0.717, 1.165) is 24.8 Å². The van der Waals surface area contributed by atoms with Crippen LogP contribution < -0.4 is 5.32 Å². The van der Waals surface area contributed by atoms with Crippen molar-refractivity contribution in [3.05, 3.63) is 30.6 Å². The van der Waals surface area contributed by atoms with Gasteiger partial charge in [-0.15, -0.1) is 0 Å². The molecule has 1 aromatic carbocycles. The Labute approximate surface area is 164 Å². The summed E-state index contributed by atoms with van der Waals surface area (Å²) >= 11 is 0. The van der Waals surface area contributed by atoms with Gasteiger partial charge in [-0.1, -0.05) is 12.8 Å². The zero-order chi connectivity index (χ0) is 20.1. The molecule has 1 aromatic heterocycles. The highest BCUT2D eigenvalue weighted by Gasteiger charge is 2.33. The lowest BCUT2D eigenvalue weighted by molar-refractivity contribution is -0.121. The smallest absolute Gasteiger partial charge is 0.410 e. The number of likely N-dealkylation sites (tertiary alicyclic amines) is 1. The normalized spacial score (nSPS) is 17.7. The van der Waals surface area contributed by atoms with Crippen LogP contribution in [0.4, 0.5) is 10.5 Å². The highest BCUT2D eigenvalue weighted by atomic mass is 16.6. The Balaban J connectivity index is 1.70. The molecule has 2 amide bonds. The molecule has 1 aliphatic rings. The van der Waals surface area contributed by atoms with Gasteiger partial charge in [-0.3, -0.25) is 14.8 Å². The quantitative estimate of drug-likeness (QED) is 0.841. The summed E-state index contributed by atoms with van der Waals surface area (Å²) in [5.74, 6) is 0.470. The molecule has 1 fully saturated rings.